The average Bonchev–Trinajstić information content (AvgIpc) is 2.85. The molecule has 0 spiro atoms. The zero-order chi connectivity index (χ0) is 13.4. The normalized spacial score (nSPS) is 10.8. The lowest BCUT2D eigenvalue weighted by Gasteiger charge is -2.07. The number of carboxylic acids is 1. The van der Waals surface area contributed by atoms with E-state index in [1.807, 2.05) is 25.1 Å². The molecule has 0 aliphatic heterocycles. The Morgan fingerprint density at radius 1 is 1.16 bits per heavy atom. The van der Waals surface area contributed by atoms with Gasteiger partial charge in [-0.3, -0.25) is 0 Å². The van der Waals surface area contributed by atoms with Gasteiger partial charge in [0.15, 0.2) is 0 Å². The lowest BCUT2D eigenvalue weighted by Crippen LogP contribution is -1.97. The molecule has 0 aliphatic rings. The molecule has 0 radical (unpaired) electrons. The molecule has 0 aliphatic carbocycles. The standard InChI is InChI=1S/C16H12O2S/c1-10-7-12(9-13(8-10)16(17)18)14-4-2-3-11-5-6-19-15(11)14/h2-9H,1H3,(H,17,18). The van der Waals surface area contributed by atoms with Crippen molar-refractivity contribution in [2.45, 2.75) is 6.92 Å². The van der Waals surface area contributed by atoms with Gasteiger partial charge in [0.05, 0.1) is 5.56 Å². The Kier molecular flexibility index (Phi) is 2.84. The van der Waals surface area contributed by atoms with Crippen molar-refractivity contribution >= 4 is 27.4 Å². The number of rotatable bonds is 2. The Bertz CT molecular complexity index is 771. The number of hydrogen-bond acceptors (Lipinski definition) is 2. The quantitative estimate of drug-likeness (QED) is 0.739. The number of thiophene rings is 1. The Morgan fingerprint density at radius 3 is 2.79 bits per heavy atom. The number of aromatic carboxylic acids is 1. The summed E-state index contributed by atoms with van der Waals surface area (Å²) in [6.07, 6.45) is 0. The fraction of sp³-hybridized carbons (Fsp3) is 0.0625. The first kappa shape index (κ1) is 11.9. The maximum absolute atomic E-state index is 11.2. The predicted octanol–water partition coefficient (Wildman–Crippen LogP) is 4.57. The molecule has 3 aromatic rings. The molecule has 2 nitrogen and oxygen atoms in total. The molecule has 0 bridgehead atoms. The van der Waals surface area contributed by atoms with Gasteiger partial charge in [-0.1, -0.05) is 24.3 Å². The molecule has 0 saturated heterocycles. The zero-order valence-corrected chi connectivity index (χ0v) is 11.2. The second kappa shape index (κ2) is 4.52. The summed E-state index contributed by atoms with van der Waals surface area (Å²) in [7, 11) is 0. The maximum atomic E-state index is 11.2. The van der Waals surface area contributed by atoms with Crippen LogP contribution in [-0.2, 0) is 0 Å². The van der Waals surface area contributed by atoms with Crippen LogP contribution < -0.4 is 0 Å². The van der Waals surface area contributed by atoms with Gasteiger partial charge in [-0.25, -0.2) is 4.79 Å². The molecular weight excluding hydrogens is 256 g/mol. The Hall–Kier alpha value is -2.13. The van der Waals surface area contributed by atoms with Crippen molar-refractivity contribution in [2.24, 2.45) is 0 Å². The second-order valence-electron chi connectivity index (χ2n) is 4.54. The van der Waals surface area contributed by atoms with Crippen LogP contribution in [0.15, 0.2) is 47.8 Å². The predicted molar refractivity (Wildman–Crippen MR) is 79.0 cm³/mol. The monoisotopic (exact) mass is 268 g/mol. The van der Waals surface area contributed by atoms with Crippen molar-refractivity contribution < 1.29 is 9.90 Å². The SMILES string of the molecule is Cc1cc(C(=O)O)cc(-c2cccc3ccsc23)c1. The highest BCUT2D eigenvalue weighted by atomic mass is 32.1. The third-order valence-corrected chi connectivity index (χ3v) is 4.08. The van der Waals surface area contributed by atoms with E-state index < -0.39 is 5.97 Å². The lowest BCUT2D eigenvalue weighted by atomic mass is 9.99. The van der Waals surface area contributed by atoms with Crippen LogP contribution in [0.25, 0.3) is 21.2 Å². The number of benzene rings is 2. The van der Waals surface area contributed by atoms with E-state index in [2.05, 4.69) is 17.5 Å². The van der Waals surface area contributed by atoms with Gasteiger partial charge in [0.25, 0.3) is 0 Å². The Balaban J connectivity index is 2.26. The molecule has 1 heterocycles. The molecule has 0 atom stereocenters. The van der Waals surface area contributed by atoms with Crippen LogP contribution >= 0.6 is 11.3 Å². The molecule has 1 N–H and O–H groups in total. The van der Waals surface area contributed by atoms with Gasteiger partial charge in [-0.15, -0.1) is 11.3 Å². The van der Waals surface area contributed by atoms with Crippen LogP contribution in [-0.4, -0.2) is 11.1 Å². The van der Waals surface area contributed by atoms with Gasteiger partial charge in [0.2, 0.25) is 0 Å². The van der Waals surface area contributed by atoms with Gasteiger partial charge < -0.3 is 5.11 Å². The number of carbonyl (C=O) groups is 1. The molecule has 0 fully saturated rings. The zero-order valence-electron chi connectivity index (χ0n) is 10.4. The van der Waals surface area contributed by atoms with Crippen LogP contribution in [0.3, 0.4) is 0 Å². The summed E-state index contributed by atoms with van der Waals surface area (Å²) in [6, 6.07) is 13.7. The summed E-state index contributed by atoms with van der Waals surface area (Å²) in [5.74, 6) is -0.886. The van der Waals surface area contributed by atoms with Crippen molar-refractivity contribution in [3.63, 3.8) is 0 Å². The number of carboxylic acid groups (broad SMARTS) is 1. The molecule has 0 unspecified atom stereocenters. The van der Waals surface area contributed by atoms with Crippen LogP contribution in [0.5, 0.6) is 0 Å². The van der Waals surface area contributed by atoms with Crippen molar-refractivity contribution in [3.05, 3.63) is 59.0 Å². The fourth-order valence-electron chi connectivity index (χ4n) is 2.28. The smallest absolute Gasteiger partial charge is 0.335 e. The van der Waals surface area contributed by atoms with Crippen LogP contribution in [0.4, 0.5) is 0 Å². The van der Waals surface area contributed by atoms with Crippen molar-refractivity contribution in [1.29, 1.82) is 0 Å². The van der Waals surface area contributed by atoms with Gasteiger partial charge in [-0.05, 0) is 52.6 Å². The minimum absolute atomic E-state index is 0.337. The van der Waals surface area contributed by atoms with E-state index in [1.54, 1.807) is 23.5 Å². The lowest BCUT2D eigenvalue weighted by molar-refractivity contribution is 0.0697. The van der Waals surface area contributed by atoms with Gasteiger partial charge in [0, 0.05) is 4.70 Å². The van der Waals surface area contributed by atoms with Crippen LogP contribution in [0.1, 0.15) is 15.9 Å². The average molecular weight is 268 g/mol. The highest BCUT2D eigenvalue weighted by Gasteiger charge is 2.09. The van der Waals surface area contributed by atoms with E-state index >= 15 is 0 Å². The van der Waals surface area contributed by atoms with Crippen LogP contribution in [0, 0.1) is 6.92 Å². The van der Waals surface area contributed by atoms with Crippen molar-refractivity contribution in [3.8, 4) is 11.1 Å². The molecule has 94 valence electrons. The largest absolute Gasteiger partial charge is 0.478 e. The van der Waals surface area contributed by atoms with E-state index in [0.717, 1.165) is 16.7 Å². The number of aryl methyl sites for hydroxylation is 1. The molecule has 19 heavy (non-hydrogen) atoms. The first-order chi connectivity index (χ1) is 9.15. The van der Waals surface area contributed by atoms with Crippen LogP contribution in [0.2, 0.25) is 0 Å². The van der Waals surface area contributed by atoms with E-state index in [-0.39, 0.29) is 0 Å². The summed E-state index contributed by atoms with van der Waals surface area (Å²) in [5, 5.41) is 12.4. The summed E-state index contributed by atoms with van der Waals surface area (Å²) >= 11 is 1.68. The number of fused-ring (bicyclic) bond motifs is 1. The molecular formula is C16H12O2S. The van der Waals surface area contributed by atoms with Gasteiger partial charge >= 0.3 is 5.97 Å². The Labute approximate surface area is 114 Å². The highest BCUT2D eigenvalue weighted by Crippen LogP contribution is 2.33. The molecule has 1 aromatic heterocycles. The topological polar surface area (TPSA) is 37.3 Å². The molecule has 0 saturated carbocycles. The van der Waals surface area contributed by atoms with E-state index in [9.17, 15) is 4.79 Å². The molecule has 3 heteroatoms. The number of hydrogen-bond donors (Lipinski definition) is 1. The van der Waals surface area contributed by atoms with E-state index in [4.69, 9.17) is 5.11 Å². The first-order valence-corrected chi connectivity index (χ1v) is 6.85. The third kappa shape index (κ3) is 2.13. The first-order valence-electron chi connectivity index (χ1n) is 5.97. The van der Waals surface area contributed by atoms with E-state index in [1.165, 1.54) is 10.1 Å². The van der Waals surface area contributed by atoms with E-state index in [0.29, 0.717) is 5.56 Å². The Morgan fingerprint density at radius 2 is 2.00 bits per heavy atom. The van der Waals surface area contributed by atoms with Crippen molar-refractivity contribution in [1.82, 2.24) is 0 Å². The summed E-state index contributed by atoms with van der Waals surface area (Å²) < 4.78 is 1.20. The minimum Gasteiger partial charge on any atom is -0.478 e. The molecule has 0 amide bonds. The second-order valence-corrected chi connectivity index (χ2v) is 5.45. The maximum Gasteiger partial charge on any atom is 0.335 e. The minimum atomic E-state index is -0.886. The summed E-state index contributed by atoms with van der Waals surface area (Å²) in [5.41, 5.74) is 3.36. The fourth-order valence-corrected chi connectivity index (χ4v) is 3.22. The summed E-state index contributed by atoms with van der Waals surface area (Å²) in [4.78, 5) is 11.2. The summed E-state index contributed by atoms with van der Waals surface area (Å²) in [6.45, 7) is 1.92. The van der Waals surface area contributed by atoms with Gasteiger partial charge in [0.1, 0.15) is 0 Å². The molecule has 3 rings (SSSR count). The van der Waals surface area contributed by atoms with Gasteiger partial charge in [-0.2, -0.15) is 0 Å². The highest BCUT2D eigenvalue weighted by molar-refractivity contribution is 7.17. The molecule has 2 aromatic carbocycles. The van der Waals surface area contributed by atoms with Crippen molar-refractivity contribution in [2.75, 3.05) is 0 Å². The third-order valence-electron chi connectivity index (χ3n) is 3.11.